The zero-order valence-corrected chi connectivity index (χ0v) is 13.9. The zero-order valence-electron chi connectivity index (χ0n) is 13.9. The number of para-hydroxylation sites is 1. The maximum atomic E-state index is 12.3. The highest BCUT2D eigenvalue weighted by atomic mass is 16.5. The molecule has 5 heteroatoms. The molecule has 1 aliphatic carbocycles. The van der Waals surface area contributed by atoms with Crippen molar-refractivity contribution in [3.8, 4) is 5.75 Å². The number of carbonyl (C=O) groups is 1. The lowest BCUT2D eigenvalue weighted by atomic mass is 10.2. The van der Waals surface area contributed by atoms with Gasteiger partial charge in [0.05, 0.1) is 6.10 Å². The van der Waals surface area contributed by atoms with Crippen LogP contribution >= 0.6 is 0 Å². The van der Waals surface area contributed by atoms with Crippen LogP contribution in [0.25, 0.3) is 0 Å². The molecule has 1 fully saturated rings. The molecule has 0 bridgehead atoms. The van der Waals surface area contributed by atoms with Crippen LogP contribution in [0, 0.1) is 0 Å². The number of hydrogen-bond donors (Lipinski definition) is 1. The minimum absolute atomic E-state index is 0.101. The highest BCUT2D eigenvalue weighted by molar-refractivity contribution is 5.92. The van der Waals surface area contributed by atoms with Crippen molar-refractivity contribution in [2.24, 2.45) is 7.05 Å². The maximum absolute atomic E-state index is 12.3. The van der Waals surface area contributed by atoms with Crippen molar-refractivity contribution in [3.05, 3.63) is 47.3 Å². The van der Waals surface area contributed by atoms with E-state index in [-0.39, 0.29) is 12.0 Å². The van der Waals surface area contributed by atoms with E-state index in [4.69, 9.17) is 4.74 Å². The standard InChI is InChI=1S/C18H23N3O2/c1-12(2)23-17-7-5-4-6-14(17)11-19-18(22)15-10-16(13-8-9-13)21(3)20-15/h4-7,10,12-13H,8-9,11H2,1-3H3,(H,19,22). The van der Waals surface area contributed by atoms with Gasteiger partial charge in [0.1, 0.15) is 11.4 Å². The molecular formula is C18H23N3O2. The molecule has 122 valence electrons. The average Bonchev–Trinajstić information content (AvgIpc) is 3.28. The molecule has 0 saturated heterocycles. The average molecular weight is 313 g/mol. The Morgan fingerprint density at radius 2 is 2.13 bits per heavy atom. The van der Waals surface area contributed by atoms with E-state index in [1.54, 1.807) is 0 Å². The Balaban J connectivity index is 1.66. The molecule has 0 aliphatic heterocycles. The van der Waals surface area contributed by atoms with Crippen molar-refractivity contribution in [1.82, 2.24) is 15.1 Å². The predicted octanol–water partition coefficient (Wildman–Crippen LogP) is 3.01. The van der Waals surface area contributed by atoms with Crippen molar-refractivity contribution in [1.29, 1.82) is 0 Å². The number of rotatable bonds is 6. The fraction of sp³-hybridized carbons (Fsp3) is 0.444. The Morgan fingerprint density at radius 3 is 2.83 bits per heavy atom. The Morgan fingerprint density at radius 1 is 1.39 bits per heavy atom. The number of aromatic nitrogens is 2. The number of amides is 1. The molecule has 5 nitrogen and oxygen atoms in total. The van der Waals surface area contributed by atoms with E-state index in [0.29, 0.717) is 18.2 Å². The van der Waals surface area contributed by atoms with E-state index in [2.05, 4.69) is 10.4 Å². The lowest BCUT2D eigenvalue weighted by Crippen LogP contribution is -2.24. The van der Waals surface area contributed by atoms with E-state index in [0.717, 1.165) is 17.0 Å². The monoisotopic (exact) mass is 313 g/mol. The maximum Gasteiger partial charge on any atom is 0.272 e. The second-order valence-electron chi connectivity index (χ2n) is 6.31. The van der Waals surface area contributed by atoms with Crippen LogP contribution in [0.5, 0.6) is 5.75 Å². The summed E-state index contributed by atoms with van der Waals surface area (Å²) in [5.41, 5.74) is 2.60. The van der Waals surface area contributed by atoms with Crippen LogP contribution < -0.4 is 10.1 Å². The Hall–Kier alpha value is -2.30. The summed E-state index contributed by atoms with van der Waals surface area (Å²) in [5, 5.41) is 7.26. The van der Waals surface area contributed by atoms with Gasteiger partial charge in [-0.05, 0) is 38.8 Å². The third-order valence-electron chi connectivity index (χ3n) is 3.92. The summed E-state index contributed by atoms with van der Waals surface area (Å²) in [5.74, 6) is 1.24. The van der Waals surface area contributed by atoms with Crippen LogP contribution in [-0.4, -0.2) is 21.8 Å². The molecule has 0 radical (unpaired) electrons. The van der Waals surface area contributed by atoms with Crippen LogP contribution in [0.15, 0.2) is 30.3 Å². The van der Waals surface area contributed by atoms with Crippen molar-refractivity contribution >= 4 is 5.91 Å². The highest BCUT2D eigenvalue weighted by Crippen LogP contribution is 2.39. The molecule has 1 N–H and O–H groups in total. The van der Waals surface area contributed by atoms with Crippen molar-refractivity contribution in [3.63, 3.8) is 0 Å². The van der Waals surface area contributed by atoms with Gasteiger partial charge in [0, 0.05) is 30.8 Å². The summed E-state index contributed by atoms with van der Waals surface area (Å²) >= 11 is 0. The number of hydrogen-bond acceptors (Lipinski definition) is 3. The van der Waals surface area contributed by atoms with Crippen molar-refractivity contribution in [2.75, 3.05) is 0 Å². The van der Waals surface area contributed by atoms with Gasteiger partial charge in [-0.15, -0.1) is 0 Å². The molecule has 0 unspecified atom stereocenters. The number of aryl methyl sites for hydroxylation is 1. The van der Waals surface area contributed by atoms with Crippen LogP contribution in [-0.2, 0) is 13.6 Å². The first-order valence-electron chi connectivity index (χ1n) is 8.11. The first-order chi connectivity index (χ1) is 11.0. The summed E-state index contributed by atoms with van der Waals surface area (Å²) < 4.78 is 7.60. The zero-order chi connectivity index (χ0) is 16.4. The van der Waals surface area contributed by atoms with E-state index in [1.807, 2.05) is 55.9 Å². The predicted molar refractivity (Wildman–Crippen MR) is 88.6 cm³/mol. The fourth-order valence-corrected chi connectivity index (χ4v) is 2.64. The molecule has 3 rings (SSSR count). The van der Waals surface area contributed by atoms with Gasteiger partial charge in [0.15, 0.2) is 0 Å². The molecule has 1 aromatic heterocycles. The second kappa shape index (κ2) is 6.44. The van der Waals surface area contributed by atoms with Crippen molar-refractivity contribution in [2.45, 2.75) is 45.3 Å². The minimum Gasteiger partial charge on any atom is -0.491 e. The third-order valence-corrected chi connectivity index (χ3v) is 3.92. The minimum atomic E-state index is -0.146. The molecule has 1 amide bonds. The topological polar surface area (TPSA) is 56.1 Å². The quantitative estimate of drug-likeness (QED) is 0.892. The van der Waals surface area contributed by atoms with Gasteiger partial charge in [0.2, 0.25) is 0 Å². The first-order valence-corrected chi connectivity index (χ1v) is 8.11. The van der Waals surface area contributed by atoms with Gasteiger partial charge in [-0.2, -0.15) is 5.10 Å². The van der Waals surface area contributed by atoms with E-state index >= 15 is 0 Å². The van der Waals surface area contributed by atoms with Crippen LogP contribution in [0.1, 0.15) is 54.4 Å². The number of ether oxygens (including phenoxy) is 1. The first kappa shape index (κ1) is 15.6. The molecule has 1 saturated carbocycles. The van der Waals surface area contributed by atoms with E-state index in [1.165, 1.54) is 12.8 Å². The van der Waals surface area contributed by atoms with Gasteiger partial charge in [0.25, 0.3) is 5.91 Å². The summed E-state index contributed by atoms with van der Waals surface area (Å²) in [4.78, 5) is 12.3. The fourth-order valence-electron chi connectivity index (χ4n) is 2.64. The van der Waals surface area contributed by atoms with Crippen LogP contribution in [0.3, 0.4) is 0 Å². The molecule has 1 heterocycles. The van der Waals surface area contributed by atoms with E-state index < -0.39 is 0 Å². The second-order valence-corrected chi connectivity index (χ2v) is 6.31. The molecular weight excluding hydrogens is 290 g/mol. The van der Waals surface area contributed by atoms with Crippen molar-refractivity contribution < 1.29 is 9.53 Å². The van der Waals surface area contributed by atoms with E-state index in [9.17, 15) is 4.79 Å². The van der Waals surface area contributed by atoms with Crippen LogP contribution in [0.2, 0.25) is 0 Å². The Bertz CT molecular complexity index is 702. The van der Waals surface area contributed by atoms with Gasteiger partial charge in [-0.1, -0.05) is 18.2 Å². The molecule has 1 aromatic carbocycles. The number of nitrogens with one attached hydrogen (secondary N) is 1. The lowest BCUT2D eigenvalue weighted by molar-refractivity contribution is 0.0945. The smallest absolute Gasteiger partial charge is 0.272 e. The normalized spacial score (nSPS) is 14.1. The SMILES string of the molecule is CC(C)Oc1ccccc1CNC(=O)c1cc(C2CC2)n(C)n1. The van der Waals surface area contributed by atoms with Crippen LogP contribution in [0.4, 0.5) is 0 Å². The van der Waals surface area contributed by atoms with Gasteiger partial charge >= 0.3 is 0 Å². The number of benzene rings is 1. The summed E-state index contributed by atoms with van der Waals surface area (Å²) in [6.07, 6.45) is 2.49. The molecule has 23 heavy (non-hydrogen) atoms. The summed E-state index contributed by atoms with van der Waals surface area (Å²) in [6.45, 7) is 4.41. The molecule has 0 spiro atoms. The Kier molecular flexibility index (Phi) is 4.37. The number of nitrogens with zero attached hydrogens (tertiary/aromatic N) is 2. The molecule has 2 aromatic rings. The van der Waals surface area contributed by atoms with Gasteiger partial charge in [-0.3, -0.25) is 9.48 Å². The molecule has 0 atom stereocenters. The summed E-state index contributed by atoms with van der Waals surface area (Å²) in [7, 11) is 1.90. The van der Waals surface area contributed by atoms with Gasteiger partial charge in [-0.25, -0.2) is 0 Å². The van der Waals surface area contributed by atoms with Gasteiger partial charge < -0.3 is 10.1 Å². The number of carbonyl (C=O) groups excluding carboxylic acids is 1. The summed E-state index contributed by atoms with van der Waals surface area (Å²) in [6, 6.07) is 9.67. The largest absolute Gasteiger partial charge is 0.491 e. The highest BCUT2D eigenvalue weighted by Gasteiger charge is 2.28. The molecule has 1 aliphatic rings. The third kappa shape index (κ3) is 3.73. The lowest BCUT2D eigenvalue weighted by Gasteiger charge is -2.14. The Labute approximate surface area is 136 Å².